The molecular weight excluding hydrogens is 242 g/mol. The maximum atomic E-state index is 6.17. The zero-order valence-electron chi connectivity index (χ0n) is 8.53. The maximum Gasteiger partial charge on any atom is 0.153 e. The third kappa shape index (κ3) is 1.44. The number of thiophene rings is 1. The standard InChI is InChI=1S/C12H8ClNOS/c1-7-3-2-4-9-11(7)14-12(13)8-5-16-6-10(8)15-9/h2-6H,1H3. The van der Waals surface area contributed by atoms with Crippen LogP contribution >= 0.6 is 22.9 Å². The summed E-state index contributed by atoms with van der Waals surface area (Å²) in [6, 6.07) is 5.85. The summed E-state index contributed by atoms with van der Waals surface area (Å²) in [4.78, 5) is 4.42. The molecule has 80 valence electrons. The Kier molecular flexibility index (Phi) is 2.23. The molecule has 0 saturated heterocycles. The predicted octanol–water partition coefficient (Wildman–Crippen LogP) is 4.48. The lowest BCUT2D eigenvalue weighted by Gasteiger charge is -2.06. The highest BCUT2D eigenvalue weighted by molar-refractivity contribution is 7.08. The van der Waals surface area contributed by atoms with Gasteiger partial charge in [0.25, 0.3) is 0 Å². The van der Waals surface area contributed by atoms with Crippen molar-refractivity contribution < 1.29 is 4.74 Å². The third-order valence-electron chi connectivity index (χ3n) is 2.48. The average molecular weight is 250 g/mol. The topological polar surface area (TPSA) is 21.6 Å². The van der Waals surface area contributed by atoms with Crippen LogP contribution in [-0.2, 0) is 0 Å². The molecule has 0 spiro atoms. The molecule has 0 aliphatic carbocycles. The van der Waals surface area contributed by atoms with Crippen molar-refractivity contribution in [3.05, 3.63) is 40.1 Å². The first-order chi connectivity index (χ1) is 7.75. The van der Waals surface area contributed by atoms with Crippen LogP contribution in [0, 0.1) is 6.92 Å². The molecular formula is C12H8ClNOS. The van der Waals surface area contributed by atoms with Crippen LogP contribution in [-0.4, -0.2) is 5.17 Å². The van der Waals surface area contributed by atoms with Crippen molar-refractivity contribution in [3.63, 3.8) is 0 Å². The van der Waals surface area contributed by atoms with Crippen molar-refractivity contribution in [2.75, 3.05) is 0 Å². The highest BCUT2D eigenvalue weighted by Gasteiger charge is 2.18. The molecule has 16 heavy (non-hydrogen) atoms. The van der Waals surface area contributed by atoms with Crippen LogP contribution < -0.4 is 4.74 Å². The molecule has 2 nitrogen and oxygen atoms in total. The van der Waals surface area contributed by atoms with Gasteiger partial charge in [-0.05, 0) is 18.6 Å². The van der Waals surface area contributed by atoms with Gasteiger partial charge in [-0.3, -0.25) is 0 Å². The number of rotatable bonds is 0. The summed E-state index contributed by atoms with van der Waals surface area (Å²) in [6.07, 6.45) is 0. The Balaban J connectivity index is 2.28. The Labute approximate surface area is 102 Å². The molecule has 0 radical (unpaired) electrons. The van der Waals surface area contributed by atoms with E-state index in [2.05, 4.69) is 4.99 Å². The molecule has 0 fully saturated rings. The SMILES string of the molecule is Cc1cccc2c1N=C(Cl)c1cscc1O2. The van der Waals surface area contributed by atoms with Crippen LogP contribution in [0.15, 0.2) is 34.0 Å². The van der Waals surface area contributed by atoms with Crippen molar-refractivity contribution >= 4 is 33.8 Å². The van der Waals surface area contributed by atoms with Gasteiger partial charge < -0.3 is 4.74 Å². The molecule has 0 amide bonds. The number of fused-ring (bicyclic) bond motifs is 2. The summed E-state index contributed by atoms with van der Waals surface area (Å²) in [5.74, 6) is 1.54. The monoisotopic (exact) mass is 249 g/mol. The minimum absolute atomic E-state index is 0.490. The first-order valence-corrected chi connectivity index (χ1v) is 6.16. The van der Waals surface area contributed by atoms with Gasteiger partial charge in [-0.15, -0.1) is 11.3 Å². The van der Waals surface area contributed by atoms with E-state index in [4.69, 9.17) is 16.3 Å². The van der Waals surface area contributed by atoms with E-state index in [1.54, 1.807) is 11.3 Å². The molecule has 0 unspecified atom stereocenters. The molecule has 2 aromatic rings. The highest BCUT2D eigenvalue weighted by atomic mass is 35.5. The minimum atomic E-state index is 0.490. The fourth-order valence-corrected chi connectivity index (χ4v) is 2.68. The Hall–Kier alpha value is -1.32. The first kappa shape index (κ1) is 9.87. The number of hydrogen-bond acceptors (Lipinski definition) is 3. The second-order valence-corrected chi connectivity index (χ2v) is 4.68. The quantitative estimate of drug-likeness (QED) is 0.675. The third-order valence-corrected chi connectivity index (χ3v) is 3.49. The Bertz CT molecular complexity index is 588. The van der Waals surface area contributed by atoms with Crippen LogP contribution in [0.3, 0.4) is 0 Å². The van der Waals surface area contributed by atoms with Crippen LogP contribution in [0.5, 0.6) is 11.5 Å². The van der Waals surface area contributed by atoms with Gasteiger partial charge in [-0.25, -0.2) is 4.99 Å². The van der Waals surface area contributed by atoms with E-state index in [-0.39, 0.29) is 0 Å². The number of para-hydroxylation sites is 1. The van der Waals surface area contributed by atoms with E-state index < -0.39 is 0 Å². The van der Waals surface area contributed by atoms with Crippen molar-refractivity contribution in [2.24, 2.45) is 4.99 Å². The summed E-state index contributed by atoms with van der Waals surface area (Å²) in [5, 5.41) is 4.37. The molecule has 0 bridgehead atoms. The second-order valence-electron chi connectivity index (χ2n) is 3.58. The van der Waals surface area contributed by atoms with Crippen LogP contribution in [0.25, 0.3) is 0 Å². The average Bonchev–Trinajstić information content (AvgIpc) is 2.66. The smallest absolute Gasteiger partial charge is 0.153 e. The second kappa shape index (κ2) is 3.61. The molecule has 1 aromatic carbocycles. The molecule has 0 atom stereocenters. The Morgan fingerprint density at radius 1 is 1.25 bits per heavy atom. The number of halogens is 1. The maximum absolute atomic E-state index is 6.17. The van der Waals surface area contributed by atoms with E-state index >= 15 is 0 Å². The predicted molar refractivity (Wildman–Crippen MR) is 67.6 cm³/mol. The van der Waals surface area contributed by atoms with Crippen LogP contribution in [0.4, 0.5) is 5.69 Å². The van der Waals surface area contributed by atoms with Gasteiger partial charge in [0.1, 0.15) is 16.6 Å². The van der Waals surface area contributed by atoms with Gasteiger partial charge in [-0.2, -0.15) is 0 Å². The first-order valence-electron chi connectivity index (χ1n) is 4.84. The largest absolute Gasteiger partial charge is 0.453 e. The van der Waals surface area contributed by atoms with Crippen molar-refractivity contribution in [1.29, 1.82) is 0 Å². The number of nitrogens with zero attached hydrogens (tertiary/aromatic N) is 1. The Morgan fingerprint density at radius 2 is 2.12 bits per heavy atom. The fraction of sp³-hybridized carbons (Fsp3) is 0.0833. The normalized spacial score (nSPS) is 13.2. The summed E-state index contributed by atoms with van der Waals surface area (Å²) in [6.45, 7) is 1.99. The van der Waals surface area contributed by atoms with Crippen LogP contribution in [0.1, 0.15) is 11.1 Å². The number of aliphatic imine (C=N–C) groups is 1. The van der Waals surface area contributed by atoms with E-state index in [9.17, 15) is 0 Å². The summed E-state index contributed by atoms with van der Waals surface area (Å²) in [5.41, 5.74) is 2.74. The van der Waals surface area contributed by atoms with Gasteiger partial charge >= 0.3 is 0 Å². The van der Waals surface area contributed by atoms with Crippen molar-refractivity contribution in [2.45, 2.75) is 6.92 Å². The van der Waals surface area contributed by atoms with E-state index in [1.807, 2.05) is 35.9 Å². The zero-order chi connectivity index (χ0) is 11.1. The molecule has 3 rings (SSSR count). The molecule has 1 aromatic heterocycles. The van der Waals surface area contributed by atoms with E-state index in [0.717, 1.165) is 28.3 Å². The van der Waals surface area contributed by atoms with Crippen molar-refractivity contribution in [3.8, 4) is 11.5 Å². The zero-order valence-corrected chi connectivity index (χ0v) is 10.1. The summed E-state index contributed by atoms with van der Waals surface area (Å²) >= 11 is 7.73. The lowest BCUT2D eigenvalue weighted by molar-refractivity contribution is 0.487. The lowest BCUT2D eigenvalue weighted by atomic mass is 10.2. The highest BCUT2D eigenvalue weighted by Crippen LogP contribution is 2.41. The lowest BCUT2D eigenvalue weighted by Crippen LogP contribution is -1.87. The Morgan fingerprint density at radius 3 is 3.00 bits per heavy atom. The van der Waals surface area contributed by atoms with Gasteiger partial charge in [0.15, 0.2) is 5.75 Å². The van der Waals surface area contributed by atoms with Gasteiger partial charge in [0.2, 0.25) is 0 Å². The van der Waals surface area contributed by atoms with Crippen LogP contribution in [0.2, 0.25) is 0 Å². The summed E-state index contributed by atoms with van der Waals surface area (Å²) in [7, 11) is 0. The summed E-state index contributed by atoms with van der Waals surface area (Å²) < 4.78 is 5.81. The van der Waals surface area contributed by atoms with E-state index in [1.165, 1.54) is 0 Å². The van der Waals surface area contributed by atoms with E-state index in [0.29, 0.717) is 5.17 Å². The molecule has 1 aliphatic heterocycles. The molecule has 0 N–H and O–H groups in total. The molecule has 0 saturated carbocycles. The number of aryl methyl sites for hydroxylation is 1. The molecule has 1 aliphatic rings. The van der Waals surface area contributed by atoms with Gasteiger partial charge in [0.05, 0.1) is 5.56 Å². The number of hydrogen-bond donors (Lipinski definition) is 0. The fourth-order valence-electron chi connectivity index (χ4n) is 1.65. The van der Waals surface area contributed by atoms with Gasteiger partial charge in [0, 0.05) is 10.8 Å². The van der Waals surface area contributed by atoms with Crippen molar-refractivity contribution in [1.82, 2.24) is 0 Å². The number of ether oxygens (including phenoxy) is 1. The molecule has 2 heterocycles. The number of benzene rings is 1. The molecule has 4 heteroatoms. The minimum Gasteiger partial charge on any atom is -0.453 e. The van der Waals surface area contributed by atoms with Gasteiger partial charge in [-0.1, -0.05) is 23.7 Å².